The molecular formula is C136H82N6OS3. The van der Waals surface area contributed by atoms with E-state index in [1.54, 1.807) is 0 Å². The molecule has 0 unspecified atom stereocenters. The molecule has 33 rings (SSSR count). The average molecular weight is 1910 g/mol. The van der Waals surface area contributed by atoms with Crippen molar-refractivity contribution in [3.05, 3.63) is 564 Å². The fourth-order valence-corrected chi connectivity index (χ4v) is 29.7. The molecular weight excluding hydrogens is 1830 g/mol. The first kappa shape index (κ1) is 83.0. The van der Waals surface area contributed by atoms with Crippen LogP contribution in [0.4, 0.5) is 0 Å². The van der Waals surface area contributed by atoms with Gasteiger partial charge in [-0.15, -0.1) is 0 Å². The fraction of sp³-hybridized carbons (Fsp3) is 0.0221. The molecule has 0 saturated heterocycles. The summed E-state index contributed by atoms with van der Waals surface area (Å²) in [4.78, 5) is 23.3. The van der Waals surface area contributed by atoms with Gasteiger partial charge in [0.05, 0.1) is 49.3 Å². The zero-order valence-electron chi connectivity index (χ0n) is 78.7. The largest absolute Gasteiger partial charge is 0.456 e. The summed E-state index contributed by atoms with van der Waals surface area (Å²) in [5, 5.41) is 12.2. The molecule has 3 aliphatic carbocycles. The van der Waals surface area contributed by atoms with Crippen LogP contribution in [0.15, 0.2) is 531 Å². The maximum atomic E-state index is 6.25. The number of para-hydroxylation sites is 4. The molecule has 680 valence electrons. The van der Waals surface area contributed by atoms with E-state index >= 15 is 0 Å². The number of aromatic nitrogens is 6. The zero-order chi connectivity index (χ0) is 95.6. The van der Waals surface area contributed by atoms with Crippen molar-refractivity contribution < 1.29 is 4.42 Å². The van der Waals surface area contributed by atoms with Crippen LogP contribution in [0.25, 0.3) is 183 Å². The van der Waals surface area contributed by atoms with Crippen LogP contribution in [-0.2, 0) is 16.2 Å². The summed E-state index contributed by atoms with van der Waals surface area (Å²) < 4.78 is 13.5. The minimum atomic E-state index is -0.483. The fourth-order valence-electron chi connectivity index (χ4n) is 25.8. The van der Waals surface area contributed by atoms with Crippen LogP contribution >= 0.6 is 35.3 Å². The molecule has 27 aromatic rings. The first-order chi connectivity index (χ1) is 72.4. The standard InChI is InChI=1S/C47H29NS.C46H28N4S.C43H25NOS/c1-2-12-32-29-33(22-21-30(32)11-1)31-23-25-34(26-24-31)48-43-19-9-5-15-37(43)38-27-28-42-46(45(38)48)49-44-20-10-8-18-41(44)47(42)39-16-6-3-13-35(39)36-14-4-7-17-40(36)47;1-3-15-29(16-4-1)43-47-44(30-17-5-2-6-18-30)49-45(48-43)50-39-25-13-9-21-33(39)34-27-28-38-42(41(34)50)51-40-26-14-12-24-37(40)46(38)35-22-10-7-19-31(35)32-20-8-11-23-36(32)46;1-5-15-33-27(11-1)28-12-2-6-16-34(28)43(33)35-17-7-10-20-40(35)46-42-36(43)23-22-31-29-13-3-8-18-37(29)44(41(31)42)26-21-24-39-32(25-26)30-14-4-9-19-38(30)45-39/h1-29H;1-28H;1-25H. The number of nitrogens with zero attached hydrogens (tertiary/aromatic N) is 6. The first-order valence-electron chi connectivity index (χ1n) is 49.9. The van der Waals surface area contributed by atoms with Gasteiger partial charge in [0, 0.05) is 95.0 Å². The predicted octanol–water partition coefficient (Wildman–Crippen LogP) is 35.1. The van der Waals surface area contributed by atoms with Gasteiger partial charge in [-0.25, -0.2) is 4.98 Å². The van der Waals surface area contributed by atoms with Gasteiger partial charge in [-0.1, -0.05) is 454 Å². The number of fused-ring (bicyclic) bond motifs is 43. The highest BCUT2D eigenvalue weighted by Crippen LogP contribution is 2.68. The molecule has 0 bridgehead atoms. The van der Waals surface area contributed by atoms with Crippen molar-refractivity contribution >= 4 is 133 Å². The molecule has 6 aliphatic rings. The minimum Gasteiger partial charge on any atom is -0.456 e. The molecule has 0 atom stereocenters. The van der Waals surface area contributed by atoms with Gasteiger partial charge in [0.1, 0.15) is 11.2 Å². The second-order valence-corrected chi connectivity index (χ2v) is 41.9. The molecule has 0 N–H and O–H groups in total. The molecule has 0 fully saturated rings. The summed E-state index contributed by atoms with van der Waals surface area (Å²) in [5.41, 5.74) is 38.3. The summed E-state index contributed by atoms with van der Waals surface area (Å²) in [6, 6.07) is 182. The van der Waals surface area contributed by atoms with Crippen molar-refractivity contribution in [2.75, 3.05) is 0 Å². The second-order valence-electron chi connectivity index (χ2n) is 38.8. The van der Waals surface area contributed by atoms with Gasteiger partial charge in [-0.2, -0.15) is 9.97 Å². The van der Waals surface area contributed by atoms with E-state index in [4.69, 9.17) is 19.4 Å². The van der Waals surface area contributed by atoms with Crippen molar-refractivity contribution in [2.45, 2.75) is 45.6 Å². The minimum absolute atomic E-state index is 0.403. The van der Waals surface area contributed by atoms with Gasteiger partial charge in [0.25, 0.3) is 0 Å². The molecule has 3 aliphatic heterocycles. The third-order valence-electron chi connectivity index (χ3n) is 31.7. The van der Waals surface area contributed by atoms with E-state index in [2.05, 4.69) is 469 Å². The van der Waals surface area contributed by atoms with Crippen molar-refractivity contribution in [2.24, 2.45) is 0 Å². The van der Waals surface area contributed by atoms with Crippen LogP contribution < -0.4 is 0 Å². The highest BCUT2D eigenvalue weighted by molar-refractivity contribution is 8.00. The molecule has 0 saturated carbocycles. The van der Waals surface area contributed by atoms with E-state index in [0.717, 1.165) is 49.8 Å². The van der Waals surface area contributed by atoms with Crippen molar-refractivity contribution in [3.63, 3.8) is 0 Å². The Bertz CT molecular complexity index is 10000. The van der Waals surface area contributed by atoms with E-state index in [-0.39, 0.29) is 0 Å². The second kappa shape index (κ2) is 32.2. The molecule has 7 nitrogen and oxygen atoms in total. The lowest BCUT2D eigenvalue weighted by molar-refractivity contribution is 0.669. The van der Waals surface area contributed by atoms with Gasteiger partial charge in [0.2, 0.25) is 5.95 Å². The summed E-state index contributed by atoms with van der Waals surface area (Å²) in [5.74, 6) is 1.88. The van der Waals surface area contributed by atoms with Crippen molar-refractivity contribution in [1.82, 2.24) is 28.7 Å². The lowest BCUT2D eigenvalue weighted by Crippen LogP contribution is -2.32. The Kier molecular flexibility index (Phi) is 18.3. The third-order valence-corrected chi connectivity index (χ3v) is 35.2. The van der Waals surface area contributed by atoms with Gasteiger partial charge < -0.3 is 13.6 Å². The zero-order valence-corrected chi connectivity index (χ0v) is 81.1. The SMILES string of the molecule is c1ccc(-c2nc(-c3ccccc3)nc(-n3c4ccccc4c4ccc5c(c43)Sc3ccccc3C53c4ccccc4-c4ccccc43)n2)cc1.c1ccc2c(c1)Sc1c(ccc3c4ccccc4n(-c4ccc(-c5ccc6ccccc6c5)cc4)c13)C21c2ccccc2-c2ccccc21.c1ccc2c(c1)Sc1c(ccc3c4ccccc4n(-c4ccc5oc6ccccc6c5c4)c13)C21c2ccccc2-c2ccccc21. The number of furan rings is 1. The maximum absolute atomic E-state index is 6.25. The van der Waals surface area contributed by atoms with Crippen LogP contribution in [0, 0.1) is 0 Å². The Labute approximate surface area is 854 Å². The highest BCUT2D eigenvalue weighted by atomic mass is 32.2. The van der Waals surface area contributed by atoms with Gasteiger partial charge in [-0.05, 0) is 201 Å². The predicted molar refractivity (Wildman–Crippen MR) is 601 cm³/mol. The summed E-state index contributed by atoms with van der Waals surface area (Å²) >= 11 is 5.70. The van der Waals surface area contributed by atoms with Gasteiger partial charge in [0.15, 0.2) is 11.6 Å². The van der Waals surface area contributed by atoms with E-state index < -0.39 is 16.2 Å². The Hall–Kier alpha value is -17.6. The van der Waals surface area contributed by atoms with E-state index in [1.165, 1.54) is 211 Å². The summed E-state index contributed by atoms with van der Waals surface area (Å²) in [6.45, 7) is 0. The molecule has 10 heteroatoms. The first-order valence-corrected chi connectivity index (χ1v) is 52.4. The molecule has 146 heavy (non-hydrogen) atoms. The Balaban J connectivity index is 0.0000000996. The number of rotatable bonds is 6. The normalized spacial score (nSPS) is 13.8. The van der Waals surface area contributed by atoms with Crippen LogP contribution in [0.3, 0.4) is 0 Å². The van der Waals surface area contributed by atoms with E-state index in [1.807, 2.05) is 77.8 Å². The van der Waals surface area contributed by atoms with E-state index in [0.29, 0.717) is 17.6 Å². The smallest absolute Gasteiger partial charge is 0.238 e. The monoisotopic (exact) mass is 1910 g/mol. The molecule has 8 heterocycles. The summed E-state index contributed by atoms with van der Waals surface area (Å²) in [7, 11) is 0. The van der Waals surface area contributed by atoms with Crippen LogP contribution in [-0.4, -0.2) is 28.7 Å². The Morgan fingerprint density at radius 2 is 0.514 bits per heavy atom. The van der Waals surface area contributed by atoms with Crippen molar-refractivity contribution in [3.8, 4) is 84.6 Å². The Morgan fingerprint density at radius 1 is 0.192 bits per heavy atom. The average Bonchev–Trinajstić information content (AvgIpc) is 1.51. The lowest BCUT2D eigenvalue weighted by Gasteiger charge is -2.40. The number of hydrogen-bond donors (Lipinski definition) is 0. The quantitative estimate of drug-likeness (QED) is 0.164. The molecule has 3 spiro atoms. The van der Waals surface area contributed by atoms with Crippen LogP contribution in [0.5, 0.6) is 0 Å². The number of benzene rings is 22. The van der Waals surface area contributed by atoms with Gasteiger partial charge >= 0.3 is 0 Å². The van der Waals surface area contributed by atoms with Crippen LogP contribution in [0.2, 0.25) is 0 Å². The number of hydrogen-bond acceptors (Lipinski definition) is 7. The Morgan fingerprint density at radius 3 is 0.945 bits per heavy atom. The van der Waals surface area contributed by atoms with E-state index in [9.17, 15) is 0 Å². The topological polar surface area (TPSA) is 66.6 Å². The maximum Gasteiger partial charge on any atom is 0.238 e. The molecule has 5 aromatic heterocycles. The lowest BCUT2D eigenvalue weighted by atomic mass is 9.67. The van der Waals surface area contributed by atoms with Gasteiger partial charge in [-0.3, -0.25) is 4.57 Å². The molecule has 0 amide bonds. The third kappa shape index (κ3) is 11.7. The van der Waals surface area contributed by atoms with Crippen molar-refractivity contribution in [1.29, 1.82) is 0 Å². The molecule has 22 aromatic carbocycles. The van der Waals surface area contributed by atoms with Crippen LogP contribution in [0.1, 0.15) is 66.8 Å². The highest BCUT2D eigenvalue weighted by Gasteiger charge is 2.55. The summed E-state index contributed by atoms with van der Waals surface area (Å²) in [6.07, 6.45) is 0. The molecule has 0 radical (unpaired) electrons.